The van der Waals surface area contributed by atoms with Crippen molar-refractivity contribution in [3.63, 3.8) is 0 Å². The minimum Gasteiger partial charge on any atom is -0.492 e. The summed E-state index contributed by atoms with van der Waals surface area (Å²) >= 11 is 0. The fourth-order valence-electron chi connectivity index (χ4n) is 2.92. The fraction of sp³-hybridized carbons (Fsp3) is 0.300. The number of imidazole rings is 1. The van der Waals surface area contributed by atoms with E-state index in [9.17, 15) is 18.0 Å². The lowest BCUT2D eigenvalue weighted by atomic mass is 9.86. The first-order valence-electron chi connectivity index (χ1n) is 8.70. The first kappa shape index (κ1) is 19.7. The normalized spacial score (nSPS) is 11.6. The number of carbonyl (C=O) groups is 1. The standard InChI is InChI=1S/C20H20F3N3O2/c1-20(2,3)17-14(22)9-12(10-15(17)23)28-8-6-24-19(27)16-11-25-18-13(21)5-4-7-26(16)18/h4-5,7,9-11H,6,8H2,1-3H3,(H,24,27). The van der Waals surface area contributed by atoms with Crippen molar-refractivity contribution < 1.29 is 22.7 Å². The SMILES string of the molecule is CC(C)(C)c1c(F)cc(OCCNC(=O)c2cnc3c(F)cccn23)cc1F. The number of fused-ring (bicyclic) bond motifs is 1. The van der Waals surface area contributed by atoms with Crippen LogP contribution in [0.4, 0.5) is 13.2 Å². The summed E-state index contributed by atoms with van der Waals surface area (Å²) in [5, 5.41) is 2.60. The Labute approximate surface area is 160 Å². The van der Waals surface area contributed by atoms with Crippen LogP contribution >= 0.6 is 0 Å². The van der Waals surface area contributed by atoms with E-state index in [4.69, 9.17) is 4.74 Å². The zero-order valence-corrected chi connectivity index (χ0v) is 15.7. The van der Waals surface area contributed by atoms with E-state index in [-0.39, 0.29) is 35.8 Å². The predicted molar refractivity (Wildman–Crippen MR) is 98.0 cm³/mol. The van der Waals surface area contributed by atoms with Gasteiger partial charge in [-0.2, -0.15) is 0 Å². The third-order valence-electron chi connectivity index (χ3n) is 4.14. The van der Waals surface area contributed by atoms with E-state index >= 15 is 0 Å². The second-order valence-electron chi connectivity index (χ2n) is 7.31. The number of pyridine rings is 1. The smallest absolute Gasteiger partial charge is 0.270 e. The van der Waals surface area contributed by atoms with Gasteiger partial charge in [-0.1, -0.05) is 20.8 Å². The monoisotopic (exact) mass is 391 g/mol. The van der Waals surface area contributed by atoms with E-state index in [2.05, 4.69) is 10.3 Å². The molecule has 28 heavy (non-hydrogen) atoms. The molecule has 3 aromatic rings. The lowest BCUT2D eigenvalue weighted by Gasteiger charge is -2.21. The number of nitrogens with zero attached hydrogens (tertiary/aromatic N) is 2. The van der Waals surface area contributed by atoms with E-state index in [1.807, 2.05) is 0 Å². The Morgan fingerprint density at radius 1 is 1.18 bits per heavy atom. The van der Waals surface area contributed by atoms with Gasteiger partial charge in [-0.05, 0) is 17.5 Å². The van der Waals surface area contributed by atoms with Crippen molar-refractivity contribution >= 4 is 11.6 Å². The van der Waals surface area contributed by atoms with E-state index in [0.29, 0.717) is 0 Å². The molecule has 0 unspecified atom stereocenters. The highest BCUT2D eigenvalue weighted by Gasteiger charge is 2.24. The molecule has 0 fully saturated rings. The number of hydrogen-bond donors (Lipinski definition) is 1. The maximum Gasteiger partial charge on any atom is 0.270 e. The minimum atomic E-state index is -0.681. The molecule has 0 atom stereocenters. The first-order chi connectivity index (χ1) is 13.2. The van der Waals surface area contributed by atoms with Crippen LogP contribution in [0, 0.1) is 17.5 Å². The van der Waals surface area contributed by atoms with Gasteiger partial charge in [0.2, 0.25) is 0 Å². The summed E-state index contributed by atoms with van der Waals surface area (Å²) in [6.45, 7) is 5.25. The summed E-state index contributed by atoms with van der Waals surface area (Å²) < 4.78 is 48.7. The van der Waals surface area contributed by atoms with Gasteiger partial charge in [-0.25, -0.2) is 18.2 Å². The third-order valence-corrected chi connectivity index (χ3v) is 4.14. The number of benzene rings is 1. The quantitative estimate of drug-likeness (QED) is 0.672. The van der Waals surface area contributed by atoms with Gasteiger partial charge >= 0.3 is 0 Å². The summed E-state index contributed by atoms with van der Waals surface area (Å²) in [5.74, 6) is -2.33. The Morgan fingerprint density at radius 3 is 2.50 bits per heavy atom. The highest BCUT2D eigenvalue weighted by Crippen LogP contribution is 2.30. The number of nitrogens with one attached hydrogen (secondary N) is 1. The number of aromatic nitrogens is 2. The number of halogens is 3. The Kier molecular flexibility index (Phi) is 5.31. The van der Waals surface area contributed by atoms with Crippen LogP contribution in [0.5, 0.6) is 5.75 Å². The molecule has 1 aromatic carbocycles. The lowest BCUT2D eigenvalue weighted by molar-refractivity contribution is 0.0941. The highest BCUT2D eigenvalue weighted by molar-refractivity contribution is 5.93. The molecule has 0 aliphatic heterocycles. The number of ether oxygens (including phenoxy) is 1. The van der Waals surface area contributed by atoms with Gasteiger partial charge in [0.25, 0.3) is 5.91 Å². The van der Waals surface area contributed by atoms with Crippen molar-refractivity contribution in [3.8, 4) is 5.75 Å². The van der Waals surface area contributed by atoms with E-state index in [1.165, 1.54) is 28.9 Å². The van der Waals surface area contributed by atoms with Crippen LogP contribution < -0.4 is 10.1 Å². The summed E-state index contributed by atoms with van der Waals surface area (Å²) in [6, 6.07) is 4.97. The molecule has 1 N–H and O–H groups in total. The average Bonchev–Trinajstić information content (AvgIpc) is 3.02. The maximum absolute atomic E-state index is 14.2. The van der Waals surface area contributed by atoms with Crippen molar-refractivity contribution in [2.75, 3.05) is 13.2 Å². The van der Waals surface area contributed by atoms with Crippen LogP contribution in [0.15, 0.2) is 36.7 Å². The summed E-state index contributed by atoms with van der Waals surface area (Å²) in [5.41, 5.74) is -0.461. The molecular formula is C20H20F3N3O2. The average molecular weight is 391 g/mol. The van der Waals surface area contributed by atoms with Gasteiger partial charge in [0, 0.05) is 23.9 Å². The molecule has 0 saturated heterocycles. The second kappa shape index (κ2) is 7.53. The molecule has 8 heteroatoms. The van der Waals surface area contributed by atoms with Crippen LogP contribution in [0.1, 0.15) is 36.8 Å². The van der Waals surface area contributed by atoms with Gasteiger partial charge in [-0.15, -0.1) is 0 Å². The zero-order chi connectivity index (χ0) is 20.5. The minimum absolute atomic E-state index is 0.00455. The molecule has 0 radical (unpaired) electrons. The van der Waals surface area contributed by atoms with Gasteiger partial charge in [0.05, 0.1) is 12.7 Å². The van der Waals surface area contributed by atoms with E-state index in [0.717, 1.165) is 12.1 Å². The van der Waals surface area contributed by atoms with Gasteiger partial charge in [-0.3, -0.25) is 9.20 Å². The van der Waals surface area contributed by atoms with Crippen molar-refractivity contribution in [1.29, 1.82) is 0 Å². The summed E-state index contributed by atoms with van der Waals surface area (Å²) in [7, 11) is 0. The first-order valence-corrected chi connectivity index (χ1v) is 8.70. The van der Waals surface area contributed by atoms with Crippen LogP contribution in [-0.2, 0) is 5.41 Å². The Bertz CT molecular complexity index is 1000. The predicted octanol–water partition coefficient (Wildman–Crippen LogP) is 3.86. The van der Waals surface area contributed by atoms with Gasteiger partial charge in [0.15, 0.2) is 11.5 Å². The maximum atomic E-state index is 14.2. The molecule has 0 aliphatic rings. The molecule has 0 spiro atoms. The van der Waals surface area contributed by atoms with E-state index in [1.54, 1.807) is 20.8 Å². The molecule has 5 nitrogen and oxygen atoms in total. The number of rotatable bonds is 5. The fourth-order valence-corrected chi connectivity index (χ4v) is 2.92. The highest BCUT2D eigenvalue weighted by atomic mass is 19.1. The number of carbonyl (C=O) groups excluding carboxylic acids is 1. The molecule has 2 aromatic heterocycles. The molecule has 2 heterocycles. The Hall–Kier alpha value is -3.03. The Balaban J connectivity index is 1.60. The summed E-state index contributed by atoms with van der Waals surface area (Å²) in [6.07, 6.45) is 2.80. The molecule has 0 bridgehead atoms. The van der Waals surface area contributed by atoms with Crippen LogP contribution in [-0.4, -0.2) is 28.4 Å². The van der Waals surface area contributed by atoms with Crippen molar-refractivity contribution in [3.05, 3.63) is 65.4 Å². The van der Waals surface area contributed by atoms with Crippen molar-refractivity contribution in [2.45, 2.75) is 26.2 Å². The second-order valence-corrected chi connectivity index (χ2v) is 7.31. The largest absolute Gasteiger partial charge is 0.492 e. The number of hydrogen-bond acceptors (Lipinski definition) is 3. The van der Waals surface area contributed by atoms with Crippen molar-refractivity contribution in [1.82, 2.24) is 14.7 Å². The van der Waals surface area contributed by atoms with Crippen LogP contribution in [0.2, 0.25) is 0 Å². The lowest BCUT2D eigenvalue weighted by Crippen LogP contribution is -2.29. The molecule has 0 saturated carbocycles. The zero-order valence-electron chi connectivity index (χ0n) is 15.7. The number of amides is 1. The van der Waals surface area contributed by atoms with Crippen LogP contribution in [0.25, 0.3) is 5.65 Å². The third kappa shape index (κ3) is 3.95. The van der Waals surface area contributed by atoms with Gasteiger partial charge < -0.3 is 10.1 Å². The topological polar surface area (TPSA) is 55.6 Å². The van der Waals surface area contributed by atoms with E-state index < -0.39 is 28.8 Å². The van der Waals surface area contributed by atoms with Crippen molar-refractivity contribution in [2.24, 2.45) is 0 Å². The summed E-state index contributed by atoms with van der Waals surface area (Å²) in [4.78, 5) is 16.1. The molecule has 148 valence electrons. The molecule has 0 aliphatic carbocycles. The Morgan fingerprint density at radius 2 is 1.86 bits per heavy atom. The molecular weight excluding hydrogens is 371 g/mol. The van der Waals surface area contributed by atoms with Gasteiger partial charge in [0.1, 0.15) is 29.7 Å². The molecule has 1 amide bonds. The van der Waals surface area contributed by atoms with Crippen LogP contribution in [0.3, 0.4) is 0 Å². The molecule has 3 rings (SSSR count).